The zero-order valence-corrected chi connectivity index (χ0v) is 29.8. The average molecular weight is 786 g/mol. The Kier molecular flexibility index (Phi) is 2.86. The maximum Gasteiger partial charge on any atom is 0.0667 e. The Morgan fingerprint density at radius 1 is 0.254 bits per heavy atom. The molecule has 276 valence electrons. The van der Waals surface area contributed by atoms with E-state index < -0.39 is 299 Å². The minimum atomic E-state index is -1.18. The van der Waals surface area contributed by atoms with Crippen molar-refractivity contribution in [3.63, 3.8) is 0 Å². The van der Waals surface area contributed by atoms with Gasteiger partial charge in [-0.05, 0) is 104 Å². The molecule has 0 aliphatic carbocycles. The number of rotatable bonds is 4. The van der Waals surface area contributed by atoms with Crippen LogP contribution in [0.25, 0.3) is 110 Å². The van der Waals surface area contributed by atoms with Crippen molar-refractivity contribution in [2.24, 2.45) is 0 Å². The molecule has 59 heavy (non-hydrogen) atoms. The van der Waals surface area contributed by atoms with Crippen LogP contribution in [0, 0.1) is 6.92 Å². The maximum absolute atomic E-state index is 10.2. The summed E-state index contributed by atoms with van der Waals surface area (Å²) in [6.07, 6.45) is 0. The van der Waals surface area contributed by atoms with Crippen LogP contribution in [0.5, 0.6) is 0 Å². The number of fused-ring (bicyclic) bond motifs is 12. The lowest BCUT2D eigenvalue weighted by atomic mass is 10.1. The molecule has 0 radical (unpaired) electrons. The first-order chi connectivity index (χ1) is 43.0. The fourth-order valence-corrected chi connectivity index (χ4v) is 7.70. The van der Waals surface area contributed by atoms with Gasteiger partial charge >= 0.3 is 0 Å². The van der Waals surface area contributed by atoms with Crippen LogP contribution >= 0.6 is 0 Å². The Hall–Kier alpha value is -7.82. The number of hydrogen-bond acceptors (Lipinski definition) is 0. The highest BCUT2D eigenvalue weighted by Crippen LogP contribution is 2.40. The van der Waals surface area contributed by atoms with Gasteiger partial charge in [0.15, 0.2) is 0 Å². The average Bonchev–Trinajstić information content (AvgIpc) is 1.52. The molecule has 0 spiro atoms. The van der Waals surface area contributed by atoms with E-state index in [0.717, 1.165) is 9.13 Å². The number of para-hydroxylation sites is 5. The predicted molar refractivity (Wildman–Crippen MR) is 249 cm³/mol. The Morgan fingerprint density at radius 2 is 0.542 bits per heavy atom. The molecule has 13 rings (SSSR count). The topological polar surface area (TPSA) is 19.7 Å². The molecule has 4 heteroatoms. The molecule has 0 fully saturated rings. The minimum Gasteiger partial charge on any atom is -0.309 e. The zero-order valence-electron chi connectivity index (χ0n) is 62.8. The van der Waals surface area contributed by atoms with Gasteiger partial charge in [0.2, 0.25) is 0 Å². The van der Waals surface area contributed by atoms with Crippen LogP contribution in [0.15, 0.2) is 199 Å². The summed E-state index contributed by atoms with van der Waals surface area (Å²) in [7, 11) is 0. The van der Waals surface area contributed by atoms with Crippen molar-refractivity contribution in [3.05, 3.63) is 205 Å². The van der Waals surface area contributed by atoms with E-state index >= 15 is 0 Å². The fraction of sp³-hybridized carbons (Fsp3) is 0.0182. The van der Waals surface area contributed by atoms with Crippen molar-refractivity contribution in [1.82, 2.24) is 18.3 Å². The van der Waals surface area contributed by atoms with Crippen LogP contribution in [0.3, 0.4) is 0 Å². The van der Waals surface area contributed by atoms with E-state index in [-0.39, 0.29) is 16.3 Å². The second kappa shape index (κ2) is 12.1. The molecule has 0 atom stereocenters. The molecule has 0 unspecified atom stereocenters. The smallest absolute Gasteiger partial charge is 0.0667 e. The van der Waals surface area contributed by atoms with Crippen LogP contribution in [-0.4, -0.2) is 18.3 Å². The summed E-state index contributed by atoms with van der Waals surface area (Å²) < 4.78 is 308. The second-order valence-corrected chi connectivity index (χ2v) is 13.3. The third kappa shape index (κ3) is 4.54. The highest BCUT2D eigenvalue weighted by atomic mass is 15.0. The molecule has 9 aromatic carbocycles. The highest BCUT2D eigenvalue weighted by Gasteiger charge is 2.19. The predicted octanol–water partition coefficient (Wildman–Crippen LogP) is 14.4. The molecule has 0 amide bonds. The molecule has 13 aromatic rings. The first-order valence-electron chi connectivity index (χ1n) is 34.2. The summed E-state index contributed by atoms with van der Waals surface area (Å²) in [5, 5.41) is -4.44. The number of hydrogen-bond donors (Lipinski definition) is 0. The van der Waals surface area contributed by atoms with Crippen molar-refractivity contribution >= 4 is 87.2 Å². The van der Waals surface area contributed by atoms with Crippen molar-refractivity contribution < 1.29 is 45.2 Å². The lowest BCUT2D eigenvalue weighted by molar-refractivity contribution is 1.13. The van der Waals surface area contributed by atoms with Crippen LogP contribution in [0.4, 0.5) is 0 Å². The van der Waals surface area contributed by atoms with E-state index in [1.807, 2.05) is 0 Å². The lowest BCUT2D eigenvalue weighted by Crippen LogP contribution is -1.99. The largest absolute Gasteiger partial charge is 0.309 e. The molecule has 4 aromatic heterocycles. The molecule has 0 aliphatic rings. The Morgan fingerprint density at radius 3 is 0.932 bits per heavy atom. The van der Waals surface area contributed by atoms with Crippen LogP contribution in [0.2, 0.25) is 0 Å². The number of aromatic nitrogens is 4. The molecular weight excluding hydrogens is 717 g/mol. The van der Waals surface area contributed by atoms with E-state index in [1.54, 1.807) is 0 Å². The fourth-order valence-electron chi connectivity index (χ4n) is 7.70. The van der Waals surface area contributed by atoms with Gasteiger partial charge in [-0.3, -0.25) is 0 Å². The van der Waals surface area contributed by atoms with E-state index in [4.69, 9.17) is 24.7 Å². The quantitative estimate of drug-likeness (QED) is 0.169. The molecule has 0 saturated heterocycles. The SMILES string of the molecule is [2H]c1c([2H])c(-n2c3c([2H])c([2H])c([2H])c([2H])c3c3c([2H])c(-n4c5c([2H])c([2H])c([2H])c([2H])c5c5c([2H])c([2H])c([2H])c([2H])c54)c([2H])c([2H])c32)c([2H])c(-n2c3c([2H])c([2H])c([2H])c([2H])c3c3c([2H])c(-n4c5c([2H])c([2H])c([2H])c([2H])c5c5c([2H])c(C)c([2H])c([2H])c54)c([2H])c([2H])c32)c1[2H]. The van der Waals surface area contributed by atoms with Gasteiger partial charge in [0.25, 0.3) is 0 Å². The van der Waals surface area contributed by atoms with E-state index in [1.165, 1.54) is 6.92 Å². The monoisotopic (exact) mass is 786 g/mol. The summed E-state index contributed by atoms with van der Waals surface area (Å²) in [5.74, 6) is 0. The van der Waals surface area contributed by atoms with E-state index in [2.05, 4.69) is 0 Å². The van der Waals surface area contributed by atoms with Gasteiger partial charge < -0.3 is 18.3 Å². The summed E-state index contributed by atoms with van der Waals surface area (Å²) in [4.78, 5) is 0. The van der Waals surface area contributed by atoms with Gasteiger partial charge in [0.05, 0.1) is 89.4 Å². The van der Waals surface area contributed by atoms with E-state index in [9.17, 15) is 20.6 Å². The summed E-state index contributed by atoms with van der Waals surface area (Å²) >= 11 is 0. The first-order valence-corrected chi connectivity index (χ1v) is 17.7. The summed E-state index contributed by atoms with van der Waals surface area (Å²) in [6.45, 7) is 1.32. The molecule has 4 nitrogen and oxygen atoms in total. The summed E-state index contributed by atoms with van der Waals surface area (Å²) in [5.41, 5.74) is -9.03. The highest BCUT2D eigenvalue weighted by molar-refractivity contribution is 6.14. The van der Waals surface area contributed by atoms with Crippen LogP contribution < -0.4 is 0 Å². The lowest BCUT2D eigenvalue weighted by Gasteiger charge is -2.13. The molecule has 0 aliphatic heterocycles. The summed E-state index contributed by atoms with van der Waals surface area (Å²) in [6, 6.07) is -30.5. The van der Waals surface area contributed by atoms with Gasteiger partial charge in [-0.25, -0.2) is 0 Å². The first kappa shape index (κ1) is 13.9. The minimum absolute atomic E-state index is 0.0999. The molecule has 0 bridgehead atoms. The van der Waals surface area contributed by atoms with Crippen molar-refractivity contribution in [2.75, 3.05) is 0 Å². The molecule has 4 heterocycles. The van der Waals surface area contributed by atoms with Crippen molar-refractivity contribution in [3.8, 4) is 22.7 Å². The Balaban J connectivity index is 1.23. The van der Waals surface area contributed by atoms with Crippen molar-refractivity contribution in [2.45, 2.75) is 6.92 Å². The van der Waals surface area contributed by atoms with Gasteiger partial charge in [0.1, 0.15) is 0 Å². The molecule has 0 N–H and O–H groups in total. The van der Waals surface area contributed by atoms with E-state index in [0.29, 0.717) is 9.13 Å². The van der Waals surface area contributed by atoms with Gasteiger partial charge in [-0.15, -0.1) is 0 Å². The van der Waals surface area contributed by atoms with Crippen molar-refractivity contribution in [1.29, 1.82) is 0 Å². The Labute approximate surface area is 386 Å². The number of nitrogens with zero attached hydrogens (tertiary/aromatic N) is 4. The van der Waals surface area contributed by atoms with Crippen LogP contribution in [0.1, 0.15) is 50.8 Å². The van der Waals surface area contributed by atoms with Gasteiger partial charge in [-0.2, -0.15) is 0 Å². The third-order valence-corrected chi connectivity index (χ3v) is 10.1. The van der Waals surface area contributed by atoms with Gasteiger partial charge in [0, 0.05) is 65.8 Å². The zero-order chi connectivity index (χ0) is 67.5. The molecule has 0 saturated carbocycles. The van der Waals surface area contributed by atoms with Gasteiger partial charge in [-0.1, -0.05) is 108 Å². The molecular formula is C55H36N4. The third-order valence-electron chi connectivity index (χ3n) is 10.1. The number of benzene rings is 9. The maximum atomic E-state index is 10.2. The van der Waals surface area contributed by atoms with Crippen LogP contribution in [-0.2, 0) is 0 Å². The Bertz CT molecular complexity index is 5310. The second-order valence-electron chi connectivity index (χ2n) is 13.3. The standard InChI is InChI=1S/C55H36N4/c1-35-25-28-53-45(31-35)42-17-4-9-22-50(42)59(53)39-27-30-55-47(34-39)44-19-6-11-24-52(44)57(55)37-14-12-13-36(32-37)56-51-23-10-5-18-43(51)46-33-38(26-29-54(46)56)58-48-20-7-2-15-40(48)41-16-3-8-21-49(41)58/h2-34H,1H3/i2D,3D,4D,5D,6D,7D,8D,9D,10D,11D,12D,13D,14D,15D,16D,17D,18D,19D,20D,21D,22D,23D,24D,25D,26D,27D,28D,29D,30D,31D,32D,33D,34D. The normalized spacial score (nSPS) is 20.0.